The molecule has 3 aromatic carbocycles. The average Bonchev–Trinajstić information content (AvgIpc) is 3.26. The SMILES string of the molecule is COc1ccccc1Cc1noc2cc(OC(=O)C(C)Oc3c(F)c(F)c(F)c(F)c3F)ccc12. The van der Waals surface area contributed by atoms with E-state index in [1.807, 2.05) is 24.3 Å². The molecule has 0 aliphatic rings. The minimum atomic E-state index is -2.34. The molecule has 1 heterocycles. The molecule has 35 heavy (non-hydrogen) atoms. The van der Waals surface area contributed by atoms with Gasteiger partial charge < -0.3 is 18.7 Å². The summed E-state index contributed by atoms with van der Waals surface area (Å²) in [5.74, 6) is -13.2. The van der Waals surface area contributed by atoms with Crippen molar-refractivity contribution in [1.82, 2.24) is 5.16 Å². The van der Waals surface area contributed by atoms with Gasteiger partial charge in [0.1, 0.15) is 11.5 Å². The van der Waals surface area contributed by atoms with Crippen LogP contribution in [0, 0.1) is 29.1 Å². The van der Waals surface area contributed by atoms with Gasteiger partial charge in [0, 0.05) is 23.4 Å². The highest BCUT2D eigenvalue weighted by Crippen LogP contribution is 2.31. The quantitative estimate of drug-likeness (QED) is 0.111. The summed E-state index contributed by atoms with van der Waals surface area (Å²) < 4.78 is 87.9. The van der Waals surface area contributed by atoms with Gasteiger partial charge >= 0.3 is 5.97 Å². The van der Waals surface area contributed by atoms with E-state index in [0.717, 1.165) is 12.5 Å². The molecule has 1 unspecified atom stereocenters. The number of aromatic nitrogens is 1. The zero-order chi connectivity index (χ0) is 25.3. The van der Waals surface area contributed by atoms with Crippen LogP contribution in [0.2, 0.25) is 0 Å². The maximum atomic E-state index is 13.8. The second-order valence-corrected chi connectivity index (χ2v) is 7.36. The second kappa shape index (κ2) is 9.61. The van der Waals surface area contributed by atoms with Gasteiger partial charge in [-0.3, -0.25) is 0 Å². The van der Waals surface area contributed by atoms with E-state index in [9.17, 15) is 26.7 Å². The van der Waals surface area contributed by atoms with Gasteiger partial charge in [-0.1, -0.05) is 23.4 Å². The van der Waals surface area contributed by atoms with Crippen LogP contribution in [0.3, 0.4) is 0 Å². The average molecular weight is 493 g/mol. The van der Waals surface area contributed by atoms with Crippen molar-refractivity contribution in [3.05, 3.63) is 82.8 Å². The van der Waals surface area contributed by atoms with E-state index in [-0.39, 0.29) is 11.3 Å². The molecule has 0 fully saturated rings. The van der Waals surface area contributed by atoms with Crippen LogP contribution in [0.25, 0.3) is 11.0 Å². The number of rotatable bonds is 7. The van der Waals surface area contributed by atoms with E-state index in [0.29, 0.717) is 23.3 Å². The fourth-order valence-electron chi connectivity index (χ4n) is 3.30. The number of ether oxygens (including phenoxy) is 3. The summed E-state index contributed by atoms with van der Waals surface area (Å²) in [5.41, 5.74) is 1.76. The van der Waals surface area contributed by atoms with E-state index < -0.39 is 46.9 Å². The molecule has 0 aliphatic heterocycles. The standard InChI is InChI=1S/C24H16F5NO5/c1-11(33-23-21(28)19(26)18(25)20(27)22(23)29)24(31)34-13-7-8-14-15(30-35-17(14)10-13)9-12-5-3-4-6-16(12)32-2/h3-8,10-11H,9H2,1-2H3. The van der Waals surface area contributed by atoms with E-state index in [1.54, 1.807) is 13.2 Å². The molecule has 4 aromatic rings. The summed E-state index contributed by atoms with van der Waals surface area (Å²) in [7, 11) is 1.55. The van der Waals surface area contributed by atoms with Crippen LogP contribution < -0.4 is 14.2 Å². The molecular formula is C24H16F5NO5. The third-order valence-corrected chi connectivity index (χ3v) is 5.08. The molecule has 1 atom stereocenters. The zero-order valence-electron chi connectivity index (χ0n) is 18.2. The van der Waals surface area contributed by atoms with Gasteiger partial charge in [0.25, 0.3) is 0 Å². The van der Waals surface area contributed by atoms with E-state index in [1.165, 1.54) is 12.1 Å². The molecule has 6 nitrogen and oxygen atoms in total. The van der Waals surface area contributed by atoms with Crippen LogP contribution in [0.15, 0.2) is 47.0 Å². The number of para-hydroxylation sites is 1. The molecule has 0 N–H and O–H groups in total. The van der Waals surface area contributed by atoms with Crippen molar-refractivity contribution in [2.24, 2.45) is 0 Å². The number of halogens is 5. The summed E-state index contributed by atoms with van der Waals surface area (Å²) >= 11 is 0. The van der Waals surface area contributed by atoms with Crippen molar-refractivity contribution in [2.75, 3.05) is 7.11 Å². The van der Waals surface area contributed by atoms with Crippen LogP contribution in [0.1, 0.15) is 18.2 Å². The monoisotopic (exact) mass is 493 g/mol. The van der Waals surface area contributed by atoms with Crippen LogP contribution >= 0.6 is 0 Å². The normalized spacial score (nSPS) is 12.0. The van der Waals surface area contributed by atoms with Crippen LogP contribution in [-0.4, -0.2) is 24.3 Å². The third-order valence-electron chi connectivity index (χ3n) is 5.08. The maximum absolute atomic E-state index is 13.8. The lowest BCUT2D eigenvalue weighted by Crippen LogP contribution is -2.29. The molecule has 0 saturated heterocycles. The molecule has 182 valence electrons. The van der Waals surface area contributed by atoms with Gasteiger partial charge in [-0.15, -0.1) is 0 Å². The Morgan fingerprint density at radius 1 is 0.971 bits per heavy atom. The third kappa shape index (κ3) is 4.61. The Labute approximate surface area is 194 Å². The number of carbonyl (C=O) groups is 1. The van der Waals surface area contributed by atoms with Crippen LogP contribution in [0.5, 0.6) is 17.2 Å². The van der Waals surface area contributed by atoms with Crippen LogP contribution in [0.4, 0.5) is 22.0 Å². The zero-order valence-corrected chi connectivity index (χ0v) is 18.2. The molecule has 0 saturated carbocycles. The summed E-state index contributed by atoms with van der Waals surface area (Å²) in [6.07, 6.45) is -1.31. The lowest BCUT2D eigenvalue weighted by atomic mass is 10.1. The molecule has 0 bridgehead atoms. The Morgan fingerprint density at radius 3 is 2.31 bits per heavy atom. The van der Waals surface area contributed by atoms with Gasteiger partial charge in [0.15, 0.2) is 17.4 Å². The molecule has 4 rings (SSSR count). The van der Waals surface area contributed by atoms with Gasteiger partial charge in [-0.05, 0) is 25.1 Å². The van der Waals surface area contributed by atoms with Gasteiger partial charge in [-0.25, -0.2) is 18.0 Å². The van der Waals surface area contributed by atoms with E-state index in [4.69, 9.17) is 14.0 Å². The Balaban J connectivity index is 1.50. The Hall–Kier alpha value is -4.15. The topological polar surface area (TPSA) is 70.8 Å². The predicted molar refractivity (Wildman–Crippen MR) is 112 cm³/mol. The smallest absolute Gasteiger partial charge is 0.352 e. The molecule has 0 radical (unpaired) electrons. The number of methoxy groups -OCH3 is 1. The highest BCUT2D eigenvalue weighted by molar-refractivity contribution is 5.83. The van der Waals surface area contributed by atoms with Crippen molar-refractivity contribution < 1.29 is 45.5 Å². The van der Waals surface area contributed by atoms with Gasteiger partial charge in [0.2, 0.25) is 29.1 Å². The Kier molecular flexibility index (Phi) is 6.59. The largest absolute Gasteiger partial charge is 0.496 e. The van der Waals surface area contributed by atoms with E-state index in [2.05, 4.69) is 9.89 Å². The number of hydrogen-bond donors (Lipinski definition) is 0. The van der Waals surface area contributed by atoms with Gasteiger partial charge in [-0.2, -0.15) is 8.78 Å². The summed E-state index contributed by atoms with van der Waals surface area (Å²) in [4.78, 5) is 12.3. The number of nitrogens with zero attached hydrogens (tertiary/aromatic N) is 1. The highest BCUT2D eigenvalue weighted by Gasteiger charge is 2.30. The first-order valence-corrected chi connectivity index (χ1v) is 10.1. The molecular weight excluding hydrogens is 477 g/mol. The second-order valence-electron chi connectivity index (χ2n) is 7.36. The van der Waals surface area contributed by atoms with Crippen molar-refractivity contribution in [2.45, 2.75) is 19.4 Å². The Morgan fingerprint density at radius 2 is 1.63 bits per heavy atom. The van der Waals surface area contributed by atoms with Gasteiger partial charge in [0.05, 0.1) is 12.8 Å². The lowest BCUT2D eigenvalue weighted by Gasteiger charge is -2.15. The fourth-order valence-corrected chi connectivity index (χ4v) is 3.30. The summed E-state index contributed by atoms with van der Waals surface area (Å²) in [6, 6.07) is 11.8. The first-order chi connectivity index (χ1) is 16.7. The number of carbonyl (C=O) groups excluding carboxylic acids is 1. The molecule has 1 aromatic heterocycles. The predicted octanol–water partition coefficient (Wildman–Crippen LogP) is 5.50. The van der Waals surface area contributed by atoms with Crippen molar-refractivity contribution in [1.29, 1.82) is 0 Å². The first kappa shape index (κ1) is 24.0. The molecule has 0 aliphatic carbocycles. The minimum absolute atomic E-state index is 0.0182. The number of esters is 1. The number of hydrogen-bond acceptors (Lipinski definition) is 6. The number of fused-ring (bicyclic) bond motifs is 1. The molecule has 0 spiro atoms. The van der Waals surface area contributed by atoms with Crippen LogP contribution in [-0.2, 0) is 11.2 Å². The van der Waals surface area contributed by atoms with Crippen molar-refractivity contribution in [3.63, 3.8) is 0 Å². The lowest BCUT2D eigenvalue weighted by molar-refractivity contribution is -0.141. The molecule has 0 amide bonds. The summed E-state index contributed by atoms with van der Waals surface area (Å²) in [6.45, 7) is 1.03. The highest BCUT2D eigenvalue weighted by atomic mass is 19.2. The fraction of sp³-hybridized carbons (Fsp3) is 0.167. The first-order valence-electron chi connectivity index (χ1n) is 10.1. The molecule has 11 heteroatoms. The van der Waals surface area contributed by atoms with Crippen molar-refractivity contribution >= 4 is 16.9 Å². The summed E-state index contributed by atoms with van der Waals surface area (Å²) in [5, 5.41) is 4.68. The minimum Gasteiger partial charge on any atom is -0.496 e. The van der Waals surface area contributed by atoms with E-state index >= 15 is 0 Å². The van der Waals surface area contributed by atoms with Crippen molar-refractivity contribution in [3.8, 4) is 17.2 Å². The maximum Gasteiger partial charge on any atom is 0.352 e. The number of benzene rings is 3. The Bertz CT molecular complexity index is 1390.